The predicted octanol–water partition coefficient (Wildman–Crippen LogP) is 15.2. The van der Waals surface area contributed by atoms with Gasteiger partial charge in [-0.15, -0.1) is 0 Å². The van der Waals surface area contributed by atoms with E-state index in [1.807, 2.05) is 6.07 Å². The molecular weight excluding hydrogens is 693 g/mol. The van der Waals surface area contributed by atoms with Crippen LogP contribution >= 0.6 is 0 Å². The Kier molecular flexibility index (Phi) is 7.82. The minimum atomic E-state index is 0.869. The lowest BCUT2D eigenvalue weighted by atomic mass is 9.99. The lowest BCUT2D eigenvalue weighted by molar-refractivity contribution is 0.670. The minimum absolute atomic E-state index is 0.869. The molecule has 0 amide bonds. The highest BCUT2D eigenvalue weighted by Gasteiger charge is 2.22. The van der Waals surface area contributed by atoms with Gasteiger partial charge in [-0.05, 0) is 94.5 Å². The van der Waals surface area contributed by atoms with E-state index in [0.29, 0.717) is 0 Å². The summed E-state index contributed by atoms with van der Waals surface area (Å²) in [6, 6.07) is 78.0. The number of nitrogens with zero attached hydrogens (tertiary/aromatic N) is 2. The maximum absolute atomic E-state index is 6.74. The van der Waals surface area contributed by atoms with Crippen LogP contribution < -0.4 is 4.90 Å². The molecule has 0 bridgehead atoms. The Balaban J connectivity index is 1.07. The highest BCUT2D eigenvalue weighted by molar-refractivity contribution is 6.17. The maximum atomic E-state index is 6.74. The van der Waals surface area contributed by atoms with E-state index in [-0.39, 0.29) is 0 Å². The van der Waals surface area contributed by atoms with Crippen LogP contribution in [0.3, 0.4) is 0 Å². The van der Waals surface area contributed by atoms with Crippen LogP contribution in [0.25, 0.3) is 82.8 Å². The van der Waals surface area contributed by atoms with Gasteiger partial charge in [-0.2, -0.15) is 0 Å². The standard InChI is InChI=1S/C54H36N2O/c1-3-13-37(14-4-1)38-23-25-39(26-24-38)40-27-29-42(30-28-40)55(43-31-33-44(34-32-43)56-49-20-10-7-17-46(49)47-18-8-11-21-50(47)56)51-36-35-45(41-15-5-2-6-16-41)54-53(51)48-19-9-12-22-52(48)57-54/h1-36H. The molecule has 0 unspecified atom stereocenters. The Morgan fingerprint density at radius 2 is 0.807 bits per heavy atom. The SMILES string of the molecule is c1ccc(-c2ccc(-c3ccc(N(c4ccc(-n5c6ccccc6c6ccccc65)cc4)c4ccc(-c5ccccc5)c5oc6ccccc6c45)cc3)cc2)cc1. The summed E-state index contributed by atoms with van der Waals surface area (Å²) in [4.78, 5) is 2.37. The zero-order chi connectivity index (χ0) is 37.7. The summed E-state index contributed by atoms with van der Waals surface area (Å²) in [6.45, 7) is 0. The topological polar surface area (TPSA) is 21.3 Å². The Hall–Kier alpha value is -7.62. The van der Waals surface area contributed by atoms with Crippen LogP contribution in [0.15, 0.2) is 223 Å². The summed E-state index contributed by atoms with van der Waals surface area (Å²) in [6.07, 6.45) is 0. The number of hydrogen-bond acceptors (Lipinski definition) is 2. The summed E-state index contributed by atoms with van der Waals surface area (Å²) in [5, 5.41) is 4.67. The second kappa shape index (κ2) is 13.6. The summed E-state index contributed by atoms with van der Waals surface area (Å²) < 4.78 is 9.11. The smallest absolute Gasteiger partial charge is 0.145 e. The fourth-order valence-corrected chi connectivity index (χ4v) is 8.51. The molecule has 11 rings (SSSR count). The van der Waals surface area contributed by atoms with E-state index in [4.69, 9.17) is 4.42 Å². The molecule has 3 heteroatoms. The van der Waals surface area contributed by atoms with Crippen molar-refractivity contribution < 1.29 is 4.42 Å². The number of furan rings is 1. The molecule has 0 saturated carbocycles. The molecule has 3 nitrogen and oxygen atoms in total. The van der Waals surface area contributed by atoms with Crippen molar-refractivity contribution in [1.29, 1.82) is 0 Å². The lowest BCUT2D eigenvalue weighted by Crippen LogP contribution is -2.10. The highest BCUT2D eigenvalue weighted by atomic mass is 16.3. The predicted molar refractivity (Wildman–Crippen MR) is 239 cm³/mol. The van der Waals surface area contributed by atoms with E-state index >= 15 is 0 Å². The van der Waals surface area contributed by atoms with Gasteiger partial charge in [0.2, 0.25) is 0 Å². The van der Waals surface area contributed by atoms with Crippen molar-refractivity contribution in [2.24, 2.45) is 0 Å². The normalized spacial score (nSPS) is 11.5. The molecule has 0 spiro atoms. The van der Waals surface area contributed by atoms with Crippen molar-refractivity contribution in [2.75, 3.05) is 4.90 Å². The van der Waals surface area contributed by atoms with Gasteiger partial charge in [0.25, 0.3) is 0 Å². The molecule has 0 aliphatic carbocycles. The van der Waals surface area contributed by atoms with Crippen molar-refractivity contribution in [3.05, 3.63) is 218 Å². The number of rotatable bonds is 7. The molecule has 0 saturated heterocycles. The first-order valence-corrected chi connectivity index (χ1v) is 19.4. The average Bonchev–Trinajstić information content (AvgIpc) is 3.85. The Morgan fingerprint density at radius 3 is 1.40 bits per heavy atom. The van der Waals surface area contributed by atoms with Crippen molar-refractivity contribution in [2.45, 2.75) is 0 Å². The van der Waals surface area contributed by atoms with Crippen LogP contribution in [0.2, 0.25) is 0 Å². The number of fused-ring (bicyclic) bond motifs is 6. The van der Waals surface area contributed by atoms with Crippen molar-refractivity contribution in [3.63, 3.8) is 0 Å². The Labute approximate surface area is 330 Å². The highest BCUT2D eigenvalue weighted by Crippen LogP contribution is 2.46. The van der Waals surface area contributed by atoms with E-state index in [0.717, 1.165) is 55.8 Å². The molecule has 268 valence electrons. The van der Waals surface area contributed by atoms with Gasteiger partial charge in [0.1, 0.15) is 11.2 Å². The van der Waals surface area contributed by atoms with Crippen molar-refractivity contribution >= 4 is 60.8 Å². The van der Waals surface area contributed by atoms with Gasteiger partial charge in [-0.1, -0.05) is 152 Å². The molecule has 0 N–H and O–H groups in total. The van der Waals surface area contributed by atoms with E-state index < -0.39 is 0 Å². The second-order valence-electron chi connectivity index (χ2n) is 14.5. The minimum Gasteiger partial charge on any atom is -0.455 e. The van der Waals surface area contributed by atoms with Crippen LogP contribution in [0.4, 0.5) is 17.1 Å². The first kappa shape index (κ1) is 32.8. The van der Waals surface area contributed by atoms with Crippen LogP contribution in [0.1, 0.15) is 0 Å². The summed E-state index contributed by atoms with van der Waals surface area (Å²) in [5.41, 5.74) is 15.4. The summed E-state index contributed by atoms with van der Waals surface area (Å²) in [5.74, 6) is 0. The third-order valence-electron chi connectivity index (χ3n) is 11.2. The summed E-state index contributed by atoms with van der Waals surface area (Å²) >= 11 is 0. The molecule has 2 aromatic heterocycles. The first-order valence-electron chi connectivity index (χ1n) is 19.4. The van der Waals surface area contributed by atoms with Gasteiger partial charge >= 0.3 is 0 Å². The molecule has 0 fully saturated rings. The number of aromatic nitrogens is 1. The van der Waals surface area contributed by atoms with E-state index in [1.54, 1.807) is 0 Å². The van der Waals surface area contributed by atoms with Crippen LogP contribution in [0, 0.1) is 0 Å². The fourth-order valence-electron chi connectivity index (χ4n) is 8.51. The molecular formula is C54H36N2O. The molecule has 57 heavy (non-hydrogen) atoms. The van der Waals surface area contributed by atoms with Crippen LogP contribution in [0.5, 0.6) is 0 Å². The molecule has 11 aromatic rings. The van der Waals surface area contributed by atoms with Gasteiger partial charge < -0.3 is 13.9 Å². The van der Waals surface area contributed by atoms with Gasteiger partial charge in [0.05, 0.1) is 22.1 Å². The third-order valence-corrected chi connectivity index (χ3v) is 11.2. The largest absolute Gasteiger partial charge is 0.455 e. The van der Waals surface area contributed by atoms with Gasteiger partial charge in [0.15, 0.2) is 0 Å². The zero-order valence-corrected chi connectivity index (χ0v) is 31.1. The third kappa shape index (κ3) is 5.60. The van der Waals surface area contributed by atoms with E-state index in [1.165, 1.54) is 44.1 Å². The number of para-hydroxylation sites is 3. The Morgan fingerprint density at radius 1 is 0.351 bits per heavy atom. The number of hydrogen-bond donors (Lipinski definition) is 0. The van der Waals surface area contributed by atoms with Gasteiger partial charge in [-0.25, -0.2) is 0 Å². The molecule has 9 aromatic carbocycles. The summed E-state index contributed by atoms with van der Waals surface area (Å²) in [7, 11) is 0. The number of anilines is 3. The molecule has 0 radical (unpaired) electrons. The zero-order valence-electron chi connectivity index (χ0n) is 31.1. The van der Waals surface area contributed by atoms with Crippen molar-refractivity contribution in [3.8, 4) is 39.1 Å². The van der Waals surface area contributed by atoms with Crippen molar-refractivity contribution in [1.82, 2.24) is 4.57 Å². The second-order valence-corrected chi connectivity index (χ2v) is 14.5. The lowest BCUT2D eigenvalue weighted by Gasteiger charge is -2.27. The van der Waals surface area contributed by atoms with E-state index in [9.17, 15) is 0 Å². The average molecular weight is 729 g/mol. The van der Waals surface area contributed by atoms with Gasteiger partial charge in [0, 0.05) is 38.8 Å². The molecule has 0 atom stereocenters. The number of benzene rings is 9. The van der Waals surface area contributed by atoms with Gasteiger partial charge in [-0.3, -0.25) is 0 Å². The molecule has 2 heterocycles. The van der Waals surface area contributed by atoms with E-state index in [2.05, 4.69) is 222 Å². The maximum Gasteiger partial charge on any atom is 0.145 e. The first-order chi connectivity index (χ1) is 28.3. The quantitative estimate of drug-likeness (QED) is 0.163. The monoisotopic (exact) mass is 728 g/mol. The van der Waals surface area contributed by atoms with Crippen LogP contribution in [-0.4, -0.2) is 4.57 Å². The molecule has 0 aliphatic rings. The molecule has 0 aliphatic heterocycles. The van der Waals surface area contributed by atoms with Crippen LogP contribution in [-0.2, 0) is 0 Å². The Bertz CT molecular complexity index is 3140. The fraction of sp³-hybridized carbons (Fsp3) is 0.